The van der Waals surface area contributed by atoms with Crippen molar-refractivity contribution in [3.8, 4) is 11.3 Å². The molecule has 2 amide bonds. The van der Waals surface area contributed by atoms with Crippen LogP contribution in [0.25, 0.3) is 16.9 Å². The molecule has 0 radical (unpaired) electrons. The van der Waals surface area contributed by atoms with Gasteiger partial charge in [-0.05, 0) is 45.6 Å². The first-order valence-electron chi connectivity index (χ1n) is 13.4. The lowest BCUT2D eigenvalue weighted by atomic mass is 9.70. The van der Waals surface area contributed by atoms with Crippen LogP contribution < -0.4 is 0 Å². The highest BCUT2D eigenvalue weighted by Crippen LogP contribution is 2.49. The van der Waals surface area contributed by atoms with Gasteiger partial charge in [0.2, 0.25) is 5.91 Å². The molecule has 1 aliphatic carbocycles. The molecule has 0 spiro atoms. The molecule has 40 heavy (non-hydrogen) atoms. The molecule has 1 aliphatic rings. The molecule has 0 unspecified atom stereocenters. The quantitative estimate of drug-likeness (QED) is 0.427. The first-order valence-corrected chi connectivity index (χ1v) is 13.4. The second-order valence-corrected chi connectivity index (χ2v) is 11.4. The number of likely N-dealkylation sites (N-methyl/N-ethyl adjacent to an activating group) is 1. The Morgan fingerprint density at radius 3 is 2.30 bits per heavy atom. The van der Waals surface area contributed by atoms with Crippen molar-refractivity contribution in [2.75, 3.05) is 20.1 Å². The van der Waals surface area contributed by atoms with Crippen LogP contribution in [0.1, 0.15) is 68.1 Å². The molecule has 0 atom stereocenters. The van der Waals surface area contributed by atoms with Gasteiger partial charge in [0.05, 0.1) is 11.9 Å². The number of halogens is 3. The molecular weight excluding hydrogens is 523 g/mol. The van der Waals surface area contributed by atoms with E-state index in [1.165, 1.54) is 11.9 Å². The SMILES string of the molecule is Cc1ccc(-c2cc(C(C)C)c3nc(C(=O)N(CCN(C)C(=O)C4CC(O)(C(F)(F)F)C4)C(C)C)cn3n2)cc1. The number of alkyl halides is 3. The number of nitrogens with zero attached hydrogens (tertiary/aromatic N) is 5. The summed E-state index contributed by atoms with van der Waals surface area (Å²) in [5.41, 5.74) is 1.81. The van der Waals surface area contributed by atoms with E-state index in [0.717, 1.165) is 22.4 Å². The minimum atomic E-state index is -4.76. The number of hydrogen-bond donors (Lipinski definition) is 1. The van der Waals surface area contributed by atoms with Crippen molar-refractivity contribution < 1.29 is 27.9 Å². The molecule has 2 heterocycles. The van der Waals surface area contributed by atoms with Crippen LogP contribution in [-0.2, 0) is 4.79 Å². The number of aryl methyl sites for hydroxylation is 1. The number of aliphatic hydroxyl groups is 1. The minimum Gasteiger partial charge on any atom is -0.380 e. The summed E-state index contributed by atoms with van der Waals surface area (Å²) in [6.45, 7) is 10.1. The van der Waals surface area contributed by atoms with Gasteiger partial charge in [-0.2, -0.15) is 18.3 Å². The van der Waals surface area contributed by atoms with E-state index >= 15 is 0 Å². The van der Waals surface area contributed by atoms with E-state index in [1.807, 2.05) is 51.1 Å². The molecule has 4 rings (SSSR count). The third kappa shape index (κ3) is 5.70. The number of amides is 2. The summed E-state index contributed by atoms with van der Waals surface area (Å²) in [7, 11) is 1.49. The molecular formula is C29H36F3N5O3. The number of hydrogen-bond acceptors (Lipinski definition) is 5. The predicted molar refractivity (Wildman–Crippen MR) is 145 cm³/mol. The second kappa shape index (κ2) is 10.8. The van der Waals surface area contributed by atoms with Crippen molar-refractivity contribution in [2.45, 2.75) is 71.2 Å². The van der Waals surface area contributed by atoms with E-state index in [9.17, 15) is 27.9 Å². The summed E-state index contributed by atoms with van der Waals surface area (Å²) in [6, 6.07) is 9.81. The van der Waals surface area contributed by atoms with Gasteiger partial charge in [0.15, 0.2) is 11.2 Å². The first kappa shape index (κ1) is 29.5. The van der Waals surface area contributed by atoms with Gasteiger partial charge in [0.1, 0.15) is 5.69 Å². The largest absolute Gasteiger partial charge is 0.417 e. The zero-order valence-electron chi connectivity index (χ0n) is 23.7. The maximum Gasteiger partial charge on any atom is 0.417 e. The standard InChI is InChI=1S/C29H36F3N5O3/c1-17(2)22-13-23(20-9-7-19(5)8-10-20)34-37-16-24(33-25(22)37)27(39)36(18(3)4)12-11-35(6)26(38)21-14-28(40,15-21)29(30,31)32/h7-10,13,16-18,21,40H,11-12,14-15H2,1-6H3. The van der Waals surface area contributed by atoms with Crippen molar-refractivity contribution in [3.63, 3.8) is 0 Å². The Kier molecular flexibility index (Phi) is 7.99. The van der Waals surface area contributed by atoms with E-state index in [-0.39, 0.29) is 36.7 Å². The fraction of sp³-hybridized carbons (Fsp3) is 0.517. The van der Waals surface area contributed by atoms with Gasteiger partial charge in [-0.1, -0.05) is 43.7 Å². The topological polar surface area (TPSA) is 91.0 Å². The van der Waals surface area contributed by atoms with Crippen LogP contribution >= 0.6 is 0 Å². The zero-order valence-corrected chi connectivity index (χ0v) is 23.7. The van der Waals surface area contributed by atoms with Crippen molar-refractivity contribution >= 4 is 17.5 Å². The number of carbonyl (C=O) groups excluding carboxylic acids is 2. The molecule has 0 saturated heterocycles. The maximum atomic E-state index is 13.6. The smallest absolute Gasteiger partial charge is 0.380 e. The predicted octanol–water partition coefficient (Wildman–Crippen LogP) is 4.84. The van der Waals surface area contributed by atoms with Gasteiger partial charge in [0, 0.05) is 43.2 Å². The molecule has 1 aromatic carbocycles. The van der Waals surface area contributed by atoms with Crippen LogP contribution in [0.3, 0.4) is 0 Å². The molecule has 3 aromatic rings. The summed E-state index contributed by atoms with van der Waals surface area (Å²) in [6.07, 6.45) is -4.45. The fourth-order valence-corrected chi connectivity index (χ4v) is 4.98. The van der Waals surface area contributed by atoms with Crippen LogP contribution in [0, 0.1) is 12.8 Å². The van der Waals surface area contributed by atoms with E-state index in [4.69, 9.17) is 5.10 Å². The number of carbonyl (C=O) groups is 2. The summed E-state index contributed by atoms with van der Waals surface area (Å²) >= 11 is 0. The van der Waals surface area contributed by atoms with Gasteiger partial charge in [-0.25, -0.2) is 9.50 Å². The third-order valence-corrected chi connectivity index (χ3v) is 7.62. The molecule has 8 nitrogen and oxygen atoms in total. The third-order valence-electron chi connectivity index (χ3n) is 7.62. The monoisotopic (exact) mass is 559 g/mol. The van der Waals surface area contributed by atoms with E-state index in [0.29, 0.717) is 5.65 Å². The Balaban J connectivity index is 1.51. The zero-order chi connectivity index (χ0) is 29.6. The van der Waals surface area contributed by atoms with Crippen LogP contribution in [0.4, 0.5) is 13.2 Å². The fourth-order valence-electron chi connectivity index (χ4n) is 4.98. The van der Waals surface area contributed by atoms with Crippen molar-refractivity contribution in [3.05, 3.63) is 53.3 Å². The van der Waals surface area contributed by atoms with Crippen LogP contribution in [0.15, 0.2) is 36.5 Å². The first-order chi connectivity index (χ1) is 18.6. The molecule has 2 aromatic heterocycles. The Bertz CT molecular complexity index is 1390. The number of benzene rings is 1. The summed E-state index contributed by atoms with van der Waals surface area (Å²) in [5, 5.41) is 14.4. The van der Waals surface area contributed by atoms with Gasteiger partial charge >= 0.3 is 6.18 Å². The molecule has 1 N–H and O–H groups in total. The molecule has 216 valence electrons. The van der Waals surface area contributed by atoms with E-state index in [1.54, 1.807) is 15.6 Å². The second-order valence-electron chi connectivity index (χ2n) is 11.4. The number of imidazole rings is 1. The lowest BCUT2D eigenvalue weighted by Gasteiger charge is -2.44. The highest BCUT2D eigenvalue weighted by atomic mass is 19.4. The normalized spacial score (nSPS) is 19.2. The van der Waals surface area contributed by atoms with Crippen molar-refractivity contribution in [2.24, 2.45) is 5.92 Å². The van der Waals surface area contributed by atoms with Gasteiger partial charge < -0.3 is 14.9 Å². The molecule has 1 saturated carbocycles. The lowest BCUT2D eigenvalue weighted by Crippen LogP contribution is -2.59. The number of fused-ring (bicyclic) bond motifs is 1. The summed E-state index contributed by atoms with van der Waals surface area (Å²) in [4.78, 5) is 33.8. The van der Waals surface area contributed by atoms with Crippen molar-refractivity contribution in [1.82, 2.24) is 24.4 Å². The van der Waals surface area contributed by atoms with Gasteiger partial charge in [0.25, 0.3) is 5.91 Å². The van der Waals surface area contributed by atoms with E-state index in [2.05, 4.69) is 18.8 Å². The van der Waals surface area contributed by atoms with E-state index < -0.39 is 36.4 Å². The molecule has 0 aliphatic heterocycles. The Morgan fingerprint density at radius 2 is 1.75 bits per heavy atom. The van der Waals surface area contributed by atoms with Crippen LogP contribution in [0.5, 0.6) is 0 Å². The highest BCUT2D eigenvalue weighted by Gasteiger charge is 2.62. The molecule has 0 bridgehead atoms. The Morgan fingerprint density at radius 1 is 1.12 bits per heavy atom. The maximum absolute atomic E-state index is 13.6. The lowest BCUT2D eigenvalue weighted by molar-refractivity contribution is -0.296. The van der Waals surface area contributed by atoms with Gasteiger partial charge in [-0.3, -0.25) is 9.59 Å². The average molecular weight is 560 g/mol. The summed E-state index contributed by atoms with van der Waals surface area (Å²) in [5.74, 6) is -1.58. The minimum absolute atomic E-state index is 0.127. The Labute approximate surface area is 231 Å². The molecule has 11 heteroatoms. The Hall–Kier alpha value is -3.47. The average Bonchev–Trinajstić information content (AvgIpc) is 3.29. The van der Waals surface area contributed by atoms with Gasteiger partial charge in [-0.15, -0.1) is 0 Å². The number of rotatable bonds is 8. The van der Waals surface area contributed by atoms with Crippen LogP contribution in [-0.4, -0.2) is 79.3 Å². The summed E-state index contributed by atoms with van der Waals surface area (Å²) < 4.78 is 40.5. The van der Waals surface area contributed by atoms with Crippen molar-refractivity contribution in [1.29, 1.82) is 0 Å². The highest BCUT2D eigenvalue weighted by molar-refractivity contribution is 5.93. The number of aromatic nitrogens is 3. The van der Waals surface area contributed by atoms with Crippen LogP contribution in [0.2, 0.25) is 0 Å². The molecule has 1 fully saturated rings.